The number of hydrogen-bond donors (Lipinski definition) is 2. The molecule has 11 nitrogen and oxygen atoms in total. The van der Waals surface area contributed by atoms with E-state index in [1.54, 1.807) is 24.3 Å². The maximum atomic E-state index is 12.7. The lowest BCUT2D eigenvalue weighted by molar-refractivity contribution is -0.141. The van der Waals surface area contributed by atoms with Crippen LogP contribution in [0, 0.1) is 11.8 Å². The number of rotatable bonds is 15. The number of Topliss-reactive ketones (excluding diaryl/α,β-unsaturated/α-hetero) is 2. The van der Waals surface area contributed by atoms with E-state index in [2.05, 4.69) is 4.98 Å². The maximum absolute atomic E-state index is 12.7. The van der Waals surface area contributed by atoms with Crippen LogP contribution in [-0.4, -0.2) is 59.5 Å². The number of ether oxygens (including phenoxy) is 3. The molecule has 0 amide bonds. The van der Waals surface area contributed by atoms with Gasteiger partial charge in [-0.3, -0.25) is 19.2 Å². The van der Waals surface area contributed by atoms with Gasteiger partial charge in [-0.05, 0) is 30.0 Å². The van der Waals surface area contributed by atoms with Gasteiger partial charge in [-0.25, -0.2) is 4.98 Å². The molecule has 2 N–H and O–H groups in total. The van der Waals surface area contributed by atoms with Crippen molar-refractivity contribution in [1.82, 2.24) is 4.98 Å². The fourth-order valence-corrected chi connectivity index (χ4v) is 6.85. The third-order valence-corrected chi connectivity index (χ3v) is 9.63. The number of carboxylic acid groups (broad SMARTS) is 2. The minimum absolute atomic E-state index is 0.0758. The molecule has 2 aromatic carbocycles. The molecule has 45 heavy (non-hydrogen) atoms. The molecule has 5 rings (SSSR count). The van der Waals surface area contributed by atoms with Crippen molar-refractivity contribution in [2.75, 3.05) is 20.8 Å². The number of benzene rings is 2. The van der Waals surface area contributed by atoms with Crippen LogP contribution in [0.25, 0.3) is 31.3 Å². The highest BCUT2D eigenvalue weighted by molar-refractivity contribution is 7.21. The monoisotopic (exact) mass is 653 g/mol. The molecule has 2 atom stereocenters. The van der Waals surface area contributed by atoms with Crippen molar-refractivity contribution in [3.63, 3.8) is 0 Å². The van der Waals surface area contributed by atoms with Crippen LogP contribution < -0.4 is 14.2 Å². The van der Waals surface area contributed by atoms with Crippen molar-refractivity contribution >= 4 is 77.5 Å². The molecule has 3 heterocycles. The number of hydrogen-bond acceptors (Lipinski definition) is 11. The fourth-order valence-electron chi connectivity index (χ4n) is 4.79. The summed E-state index contributed by atoms with van der Waals surface area (Å²) in [6, 6.07) is 8.86. The van der Waals surface area contributed by atoms with E-state index in [1.165, 1.54) is 50.7 Å². The van der Waals surface area contributed by atoms with Gasteiger partial charge < -0.3 is 28.8 Å². The van der Waals surface area contributed by atoms with Crippen LogP contribution in [0.1, 0.15) is 58.3 Å². The van der Waals surface area contributed by atoms with Gasteiger partial charge in [0.1, 0.15) is 5.52 Å². The molecule has 13 heteroatoms. The summed E-state index contributed by atoms with van der Waals surface area (Å²) in [6.45, 7) is 3.33. The van der Waals surface area contributed by atoms with Crippen LogP contribution in [-0.2, 0) is 16.0 Å². The summed E-state index contributed by atoms with van der Waals surface area (Å²) in [7, 11) is 3.06. The predicted molar refractivity (Wildman–Crippen MR) is 170 cm³/mol. The van der Waals surface area contributed by atoms with E-state index in [4.69, 9.17) is 23.7 Å². The SMILES string of the molecule is COc1cc2cc(C(=O)C[C@H](C)C(=O)O)sc2cc1OCCCc1nc2c(o1)c(OC)cc1sc(C(=O)C[C@H](C)C(=O)O)cc12. The molecule has 3 aromatic heterocycles. The summed E-state index contributed by atoms with van der Waals surface area (Å²) >= 11 is 2.55. The van der Waals surface area contributed by atoms with Gasteiger partial charge in [-0.1, -0.05) is 13.8 Å². The van der Waals surface area contributed by atoms with Crippen LogP contribution in [0.3, 0.4) is 0 Å². The second-order valence-electron chi connectivity index (χ2n) is 10.7. The van der Waals surface area contributed by atoms with Gasteiger partial charge in [0.25, 0.3) is 0 Å². The van der Waals surface area contributed by atoms with Gasteiger partial charge in [0.15, 0.2) is 40.3 Å². The minimum Gasteiger partial charge on any atom is -0.493 e. The molecule has 0 spiro atoms. The number of fused-ring (bicyclic) bond motifs is 4. The Hall–Kier alpha value is -4.49. The Morgan fingerprint density at radius 1 is 0.822 bits per heavy atom. The first-order valence-corrected chi connectivity index (χ1v) is 15.8. The topological polar surface area (TPSA) is 162 Å². The van der Waals surface area contributed by atoms with Gasteiger partial charge in [0.05, 0.1) is 42.4 Å². The molecule has 0 fully saturated rings. The smallest absolute Gasteiger partial charge is 0.306 e. The lowest BCUT2D eigenvalue weighted by atomic mass is 10.0. The number of aromatic nitrogens is 1. The molecule has 0 radical (unpaired) electrons. The van der Waals surface area contributed by atoms with Gasteiger partial charge in [0, 0.05) is 46.2 Å². The lowest BCUT2D eigenvalue weighted by Gasteiger charge is -2.10. The van der Waals surface area contributed by atoms with Crippen molar-refractivity contribution in [2.24, 2.45) is 11.8 Å². The molecular formula is C32H31NO10S2. The van der Waals surface area contributed by atoms with Crippen molar-refractivity contribution < 1.29 is 48.0 Å². The Kier molecular flexibility index (Phi) is 9.40. The third kappa shape index (κ3) is 6.79. The Balaban J connectivity index is 1.29. The number of thiophene rings is 2. The van der Waals surface area contributed by atoms with Crippen LogP contribution in [0.15, 0.2) is 34.7 Å². The number of nitrogens with zero attached hydrogens (tertiary/aromatic N) is 1. The van der Waals surface area contributed by atoms with E-state index in [0.29, 0.717) is 63.4 Å². The van der Waals surface area contributed by atoms with Crippen LogP contribution in [0.5, 0.6) is 17.2 Å². The Bertz CT molecular complexity index is 1930. The maximum Gasteiger partial charge on any atom is 0.306 e. The molecule has 0 bridgehead atoms. The summed E-state index contributed by atoms with van der Waals surface area (Å²) in [5.74, 6) is -2.08. The highest BCUT2D eigenvalue weighted by Gasteiger charge is 2.23. The van der Waals surface area contributed by atoms with E-state index in [9.17, 15) is 24.3 Å². The van der Waals surface area contributed by atoms with Gasteiger partial charge in [-0.2, -0.15) is 0 Å². The number of carboxylic acids is 2. The molecule has 5 aromatic rings. The van der Waals surface area contributed by atoms with Gasteiger partial charge in [0.2, 0.25) is 0 Å². The summed E-state index contributed by atoms with van der Waals surface area (Å²) in [6.07, 6.45) is 0.840. The molecule has 0 saturated heterocycles. The number of methoxy groups -OCH3 is 2. The Labute approximate surface area is 265 Å². The first kappa shape index (κ1) is 31.9. The van der Waals surface area contributed by atoms with Crippen molar-refractivity contribution in [3.05, 3.63) is 46.0 Å². The molecule has 0 saturated carbocycles. The van der Waals surface area contributed by atoms with E-state index in [-0.39, 0.29) is 24.4 Å². The van der Waals surface area contributed by atoms with Gasteiger partial charge in [-0.15, -0.1) is 22.7 Å². The summed E-state index contributed by atoms with van der Waals surface area (Å²) < 4.78 is 24.7. The van der Waals surface area contributed by atoms with Crippen LogP contribution in [0.4, 0.5) is 0 Å². The summed E-state index contributed by atoms with van der Waals surface area (Å²) in [5, 5.41) is 19.9. The van der Waals surface area contributed by atoms with Crippen LogP contribution >= 0.6 is 22.7 Å². The normalized spacial score (nSPS) is 12.8. The molecule has 0 aliphatic carbocycles. The third-order valence-electron chi connectivity index (χ3n) is 7.36. The van der Waals surface area contributed by atoms with Crippen molar-refractivity contribution in [1.29, 1.82) is 0 Å². The Morgan fingerprint density at radius 2 is 1.42 bits per heavy atom. The largest absolute Gasteiger partial charge is 0.493 e. The second kappa shape index (κ2) is 13.2. The number of aliphatic carboxylic acids is 2. The molecule has 236 valence electrons. The molecule has 0 unspecified atom stereocenters. The first-order valence-electron chi connectivity index (χ1n) is 14.1. The molecule has 0 aliphatic rings. The highest BCUT2D eigenvalue weighted by Crippen LogP contribution is 2.40. The second-order valence-corrected chi connectivity index (χ2v) is 12.9. The standard InChI is InChI=1S/C32H31NO10S2/c1-15(31(36)37)8-19(34)26-11-17-10-21(40-3)22(13-24(17)44-26)42-7-5-6-28-33-29-18-12-27(20(35)9-16(2)32(38)39)45-25(18)14-23(41-4)30(29)43-28/h10-16H,5-9H2,1-4H3,(H,36,37)(H,38,39)/t15-,16-/m0/s1. The quantitative estimate of drug-likeness (QED) is 0.0895. The number of carbonyl (C=O) groups is 4. The van der Waals surface area contributed by atoms with E-state index < -0.39 is 23.8 Å². The van der Waals surface area contributed by atoms with Crippen LogP contribution in [0.2, 0.25) is 0 Å². The van der Waals surface area contributed by atoms with E-state index in [1.807, 2.05) is 6.07 Å². The summed E-state index contributed by atoms with van der Waals surface area (Å²) in [5.41, 5.74) is 1.03. The average molecular weight is 654 g/mol. The minimum atomic E-state index is -1.02. The predicted octanol–water partition coefficient (Wildman–Crippen LogP) is 6.87. The fraction of sp³-hybridized carbons (Fsp3) is 0.344. The number of oxazole rings is 1. The lowest BCUT2D eigenvalue weighted by Crippen LogP contribution is -2.13. The zero-order valence-corrected chi connectivity index (χ0v) is 26.6. The van der Waals surface area contributed by atoms with Gasteiger partial charge >= 0.3 is 11.9 Å². The first-order chi connectivity index (χ1) is 21.5. The zero-order chi connectivity index (χ0) is 32.4. The van der Waals surface area contributed by atoms with E-state index >= 15 is 0 Å². The highest BCUT2D eigenvalue weighted by atomic mass is 32.1. The van der Waals surface area contributed by atoms with Crippen molar-refractivity contribution in [2.45, 2.75) is 39.5 Å². The average Bonchev–Trinajstić information content (AvgIpc) is 3.74. The van der Waals surface area contributed by atoms with Crippen molar-refractivity contribution in [3.8, 4) is 17.2 Å². The number of carbonyl (C=O) groups excluding carboxylic acids is 2. The number of aryl methyl sites for hydroxylation is 1. The zero-order valence-electron chi connectivity index (χ0n) is 25.0. The summed E-state index contributed by atoms with van der Waals surface area (Å²) in [4.78, 5) is 53.3. The Morgan fingerprint density at radius 3 is 2.04 bits per heavy atom. The number of ketones is 2. The van der Waals surface area contributed by atoms with E-state index in [0.717, 1.165) is 20.2 Å². The molecule has 0 aliphatic heterocycles. The molecular weight excluding hydrogens is 622 g/mol.